The van der Waals surface area contributed by atoms with Crippen LogP contribution >= 0.6 is 0 Å². The second-order valence-corrected chi connectivity index (χ2v) is 2.63. The number of carboxylic acid groups (broad SMARTS) is 1. The second kappa shape index (κ2) is 5.11. The number of aromatic nitrogens is 1. The first-order chi connectivity index (χ1) is 7.15. The Labute approximate surface area is 85.0 Å². The van der Waals surface area contributed by atoms with Gasteiger partial charge < -0.3 is 19.7 Å². The smallest absolute Gasteiger partial charge is 0.374 e. The minimum absolute atomic E-state index is 0.0662. The third kappa shape index (κ3) is 3.06. The number of carbonyl (C=O) groups excluding carboxylic acids is 1. The van der Waals surface area contributed by atoms with Gasteiger partial charge in [-0.05, 0) is 0 Å². The lowest BCUT2D eigenvalue weighted by molar-refractivity contribution is 0.0651. The van der Waals surface area contributed by atoms with Crippen molar-refractivity contribution in [3.05, 3.63) is 17.5 Å². The molecule has 0 fully saturated rings. The lowest BCUT2D eigenvalue weighted by Gasteiger charge is -1.99. The highest BCUT2D eigenvalue weighted by Crippen LogP contribution is 2.02. The first-order valence-corrected chi connectivity index (χ1v) is 4.12. The summed E-state index contributed by atoms with van der Waals surface area (Å²) in [5, 5.41) is 14.3. The van der Waals surface area contributed by atoms with Crippen molar-refractivity contribution in [2.24, 2.45) is 0 Å². The van der Waals surface area contributed by atoms with E-state index in [1.54, 1.807) is 0 Å². The zero-order chi connectivity index (χ0) is 11.3. The van der Waals surface area contributed by atoms with Crippen molar-refractivity contribution in [1.82, 2.24) is 10.5 Å². The molecule has 1 amide bonds. The molecule has 7 heteroatoms. The van der Waals surface area contributed by atoms with Gasteiger partial charge in [-0.25, -0.2) is 4.79 Å². The second-order valence-electron chi connectivity index (χ2n) is 2.63. The molecule has 0 atom stereocenters. The molecule has 0 bridgehead atoms. The number of ether oxygens (including phenoxy) is 1. The van der Waals surface area contributed by atoms with Crippen LogP contribution < -0.4 is 5.32 Å². The SMILES string of the molecule is COCCNC(=O)c1cc(C(=O)O)on1. The van der Waals surface area contributed by atoms with E-state index in [1.165, 1.54) is 7.11 Å². The van der Waals surface area contributed by atoms with Crippen LogP contribution in [0.5, 0.6) is 0 Å². The molecule has 1 aromatic heterocycles. The third-order valence-electron chi connectivity index (χ3n) is 1.55. The fraction of sp³-hybridized carbons (Fsp3) is 0.375. The normalized spacial score (nSPS) is 9.93. The molecule has 0 saturated carbocycles. The predicted octanol–water partition coefficient (Wildman–Crippen LogP) is -0.251. The lowest BCUT2D eigenvalue weighted by Crippen LogP contribution is -2.27. The molecule has 82 valence electrons. The van der Waals surface area contributed by atoms with E-state index in [2.05, 4.69) is 15.0 Å². The fourth-order valence-corrected chi connectivity index (χ4v) is 0.840. The highest BCUT2D eigenvalue weighted by Gasteiger charge is 2.15. The van der Waals surface area contributed by atoms with E-state index in [0.29, 0.717) is 13.2 Å². The Morgan fingerprint density at radius 2 is 2.40 bits per heavy atom. The van der Waals surface area contributed by atoms with Crippen LogP contribution in [0.1, 0.15) is 21.0 Å². The fourth-order valence-electron chi connectivity index (χ4n) is 0.840. The van der Waals surface area contributed by atoms with E-state index in [1.807, 2.05) is 0 Å². The number of nitrogens with zero attached hydrogens (tertiary/aromatic N) is 1. The Balaban J connectivity index is 2.54. The van der Waals surface area contributed by atoms with Gasteiger partial charge in [-0.3, -0.25) is 4.79 Å². The van der Waals surface area contributed by atoms with Gasteiger partial charge in [0, 0.05) is 19.7 Å². The number of hydrogen-bond donors (Lipinski definition) is 2. The van der Waals surface area contributed by atoms with Crippen molar-refractivity contribution in [3.63, 3.8) is 0 Å². The minimum Gasteiger partial charge on any atom is -0.475 e. The largest absolute Gasteiger partial charge is 0.475 e. The molecule has 0 radical (unpaired) electrons. The maximum absolute atomic E-state index is 11.3. The average Bonchev–Trinajstić information content (AvgIpc) is 2.66. The van der Waals surface area contributed by atoms with Crippen LogP contribution in [0.3, 0.4) is 0 Å². The van der Waals surface area contributed by atoms with E-state index in [-0.39, 0.29) is 11.5 Å². The average molecular weight is 214 g/mol. The van der Waals surface area contributed by atoms with E-state index in [9.17, 15) is 9.59 Å². The molecule has 0 aliphatic carbocycles. The van der Waals surface area contributed by atoms with Crippen molar-refractivity contribution in [2.45, 2.75) is 0 Å². The molecule has 0 aliphatic rings. The van der Waals surface area contributed by atoms with Gasteiger partial charge in [-0.2, -0.15) is 0 Å². The molecule has 1 heterocycles. The van der Waals surface area contributed by atoms with Gasteiger partial charge in [0.15, 0.2) is 5.69 Å². The zero-order valence-corrected chi connectivity index (χ0v) is 8.02. The van der Waals surface area contributed by atoms with Gasteiger partial charge in [-0.1, -0.05) is 5.16 Å². The monoisotopic (exact) mass is 214 g/mol. The minimum atomic E-state index is -1.27. The van der Waals surface area contributed by atoms with Gasteiger partial charge >= 0.3 is 5.97 Å². The van der Waals surface area contributed by atoms with E-state index < -0.39 is 11.9 Å². The summed E-state index contributed by atoms with van der Waals surface area (Å²) >= 11 is 0. The van der Waals surface area contributed by atoms with Crippen LogP contribution in [0.15, 0.2) is 10.6 Å². The topological polar surface area (TPSA) is 102 Å². The summed E-state index contributed by atoms with van der Waals surface area (Å²) in [5.41, 5.74) is -0.0662. The molecule has 7 nitrogen and oxygen atoms in total. The van der Waals surface area contributed by atoms with E-state index in [4.69, 9.17) is 9.84 Å². The Hall–Kier alpha value is -1.89. The molecule has 1 aromatic rings. The van der Waals surface area contributed by atoms with Crippen molar-refractivity contribution in [3.8, 4) is 0 Å². The standard InChI is InChI=1S/C8H10N2O5/c1-14-3-2-9-7(11)5-4-6(8(12)13)15-10-5/h4H,2-3H2,1H3,(H,9,11)(H,12,13). The quantitative estimate of drug-likeness (QED) is 0.655. The Bertz CT molecular complexity index is 360. The van der Waals surface area contributed by atoms with Gasteiger partial charge in [0.25, 0.3) is 5.91 Å². The molecule has 15 heavy (non-hydrogen) atoms. The number of carboxylic acids is 1. The first kappa shape index (κ1) is 11.2. The zero-order valence-electron chi connectivity index (χ0n) is 8.02. The number of nitrogens with one attached hydrogen (secondary N) is 1. The highest BCUT2D eigenvalue weighted by molar-refractivity contribution is 5.94. The number of carbonyl (C=O) groups is 2. The molecule has 0 aromatic carbocycles. The van der Waals surface area contributed by atoms with Crippen LogP contribution in [0.4, 0.5) is 0 Å². The summed E-state index contributed by atoms with van der Waals surface area (Å²) in [7, 11) is 1.50. The molecule has 0 saturated heterocycles. The van der Waals surface area contributed by atoms with Crippen molar-refractivity contribution >= 4 is 11.9 Å². The number of hydrogen-bond acceptors (Lipinski definition) is 5. The summed E-state index contributed by atoms with van der Waals surface area (Å²) in [5.74, 6) is -2.13. The van der Waals surface area contributed by atoms with Gasteiger partial charge in [0.1, 0.15) is 0 Å². The number of amides is 1. The Morgan fingerprint density at radius 1 is 1.67 bits per heavy atom. The Morgan fingerprint density at radius 3 is 2.93 bits per heavy atom. The Kier molecular flexibility index (Phi) is 3.81. The highest BCUT2D eigenvalue weighted by atomic mass is 16.5. The summed E-state index contributed by atoms with van der Waals surface area (Å²) in [4.78, 5) is 21.7. The molecule has 1 rings (SSSR count). The summed E-state index contributed by atoms with van der Waals surface area (Å²) in [6, 6.07) is 1.06. The van der Waals surface area contributed by atoms with Crippen molar-refractivity contribution in [2.75, 3.05) is 20.3 Å². The van der Waals surface area contributed by atoms with Crippen LogP contribution in [0.2, 0.25) is 0 Å². The van der Waals surface area contributed by atoms with Crippen molar-refractivity contribution < 1.29 is 24.0 Å². The molecule has 2 N–H and O–H groups in total. The molecular formula is C8H10N2O5. The van der Waals surface area contributed by atoms with Gasteiger partial charge in [-0.15, -0.1) is 0 Å². The van der Waals surface area contributed by atoms with Gasteiger partial charge in [0.2, 0.25) is 5.76 Å². The maximum Gasteiger partial charge on any atom is 0.374 e. The summed E-state index contributed by atoms with van der Waals surface area (Å²) < 4.78 is 9.13. The third-order valence-corrected chi connectivity index (χ3v) is 1.55. The van der Waals surface area contributed by atoms with Crippen LogP contribution in [0, 0.1) is 0 Å². The first-order valence-electron chi connectivity index (χ1n) is 4.12. The molecule has 0 unspecified atom stereocenters. The number of aromatic carboxylic acids is 1. The summed E-state index contributed by atoms with van der Waals surface area (Å²) in [6.45, 7) is 0.694. The molecule has 0 aliphatic heterocycles. The molecule has 0 spiro atoms. The number of rotatable bonds is 5. The van der Waals surface area contributed by atoms with Gasteiger partial charge in [0.05, 0.1) is 6.61 Å². The van der Waals surface area contributed by atoms with E-state index >= 15 is 0 Å². The predicted molar refractivity (Wildman–Crippen MR) is 47.7 cm³/mol. The van der Waals surface area contributed by atoms with Crippen LogP contribution in [-0.2, 0) is 4.74 Å². The molecular weight excluding hydrogens is 204 g/mol. The van der Waals surface area contributed by atoms with Crippen LogP contribution in [-0.4, -0.2) is 42.4 Å². The summed E-state index contributed by atoms with van der Waals surface area (Å²) in [6.07, 6.45) is 0. The number of methoxy groups -OCH3 is 1. The van der Waals surface area contributed by atoms with Crippen molar-refractivity contribution in [1.29, 1.82) is 0 Å². The lowest BCUT2D eigenvalue weighted by atomic mass is 10.3. The maximum atomic E-state index is 11.3. The van der Waals surface area contributed by atoms with E-state index in [0.717, 1.165) is 6.07 Å². The van der Waals surface area contributed by atoms with Crippen LogP contribution in [0.25, 0.3) is 0 Å².